The van der Waals surface area contributed by atoms with E-state index in [-0.39, 0.29) is 5.82 Å². The Bertz CT molecular complexity index is 583. The Morgan fingerprint density at radius 3 is 2.35 bits per heavy atom. The Balaban J connectivity index is 2.19. The Morgan fingerprint density at radius 2 is 1.80 bits per heavy atom. The molecule has 2 rings (SSSR count). The van der Waals surface area contributed by atoms with Gasteiger partial charge in [-0.3, -0.25) is 0 Å². The van der Waals surface area contributed by atoms with Crippen molar-refractivity contribution < 1.29 is 13.9 Å². The molecule has 6 heteroatoms. The molecule has 0 aliphatic heterocycles. The second kappa shape index (κ2) is 6.18. The van der Waals surface area contributed by atoms with Gasteiger partial charge < -0.3 is 14.8 Å². The Morgan fingerprint density at radius 1 is 1.15 bits per heavy atom. The first-order valence-corrected chi connectivity index (χ1v) is 6.07. The van der Waals surface area contributed by atoms with Gasteiger partial charge in [-0.05, 0) is 24.6 Å². The van der Waals surface area contributed by atoms with Crippen molar-refractivity contribution in [3.8, 4) is 11.8 Å². The van der Waals surface area contributed by atoms with Crippen LogP contribution in [0.25, 0.3) is 0 Å². The van der Waals surface area contributed by atoms with Crippen LogP contribution in [0, 0.1) is 12.7 Å². The molecule has 106 valence electrons. The van der Waals surface area contributed by atoms with Crippen molar-refractivity contribution in [3.05, 3.63) is 41.5 Å². The van der Waals surface area contributed by atoms with Crippen LogP contribution in [0.5, 0.6) is 11.8 Å². The number of hydrogen-bond acceptors (Lipinski definition) is 5. The molecule has 1 aromatic carbocycles. The first-order chi connectivity index (χ1) is 9.65. The molecule has 0 saturated carbocycles. The normalized spacial score (nSPS) is 10.2. The van der Waals surface area contributed by atoms with Crippen LogP contribution in [0.15, 0.2) is 24.5 Å². The van der Waals surface area contributed by atoms with Crippen LogP contribution in [0.3, 0.4) is 0 Å². The average Bonchev–Trinajstić information content (AvgIpc) is 2.48. The molecule has 0 amide bonds. The molecule has 0 aliphatic carbocycles. The summed E-state index contributed by atoms with van der Waals surface area (Å²) in [7, 11) is 3.05. The van der Waals surface area contributed by atoms with E-state index in [1.807, 2.05) is 0 Å². The number of nitrogens with one attached hydrogen (secondary N) is 1. The van der Waals surface area contributed by atoms with Gasteiger partial charge in [-0.2, -0.15) is 0 Å². The van der Waals surface area contributed by atoms with E-state index in [2.05, 4.69) is 15.3 Å². The fourth-order valence-electron chi connectivity index (χ4n) is 1.78. The monoisotopic (exact) mass is 277 g/mol. The molecule has 0 bridgehead atoms. The summed E-state index contributed by atoms with van der Waals surface area (Å²) in [5.74, 6) is 0.604. The molecule has 5 nitrogen and oxygen atoms in total. The van der Waals surface area contributed by atoms with Crippen molar-refractivity contribution in [1.29, 1.82) is 0 Å². The van der Waals surface area contributed by atoms with E-state index in [0.29, 0.717) is 35.1 Å². The highest BCUT2D eigenvalue weighted by atomic mass is 19.1. The van der Waals surface area contributed by atoms with Crippen LogP contribution in [0.2, 0.25) is 0 Å². The number of nitrogens with zero attached hydrogens (tertiary/aromatic N) is 2. The van der Waals surface area contributed by atoms with Crippen LogP contribution in [-0.2, 0) is 6.54 Å². The third-order valence-corrected chi connectivity index (χ3v) is 2.89. The Kier molecular flexibility index (Phi) is 4.34. The van der Waals surface area contributed by atoms with Gasteiger partial charge in [0, 0.05) is 5.69 Å². The summed E-state index contributed by atoms with van der Waals surface area (Å²) in [6, 6.07) is 4.97. The summed E-state index contributed by atoms with van der Waals surface area (Å²) in [6.45, 7) is 2.09. The zero-order valence-corrected chi connectivity index (χ0v) is 11.6. The number of ether oxygens (including phenoxy) is 2. The first kappa shape index (κ1) is 14.0. The lowest BCUT2D eigenvalue weighted by Crippen LogP contribution is -2.07. The maximum absolute atomic E-state index is 13.5. The fraction of sp³-hybridized carbons (Fsp3) is 0.286. The summed E-state index contributed by atoms with van der Waals surface area (Å²) in [5, 5.41) is 3.10. The smallest absolute Gasteiger partial charge is 0.225 e. The quantitative estimate of drug-likeness (QED) is 0.910. The lowest BCUT2D eigenvalue weighted by molar-refractivity contribution is 0.363. The maximum Gasteiger partial charge on any atom is 0.225 e. The number of aromatic nitrogens is 2. The van der Waals surface area contributed by atoms with E-state index in [1.54, 1.807) is 19.1 Å². The molecule has 0 fully saturated rings. The number of benzene rings is 1. The molecule has 0 radical (unpaired) electrons. The SMILES string of the molecule is COc1ncnc(OC)c1CNc1ccc(C)c(F)c1. The van der Waals surface area contributed by atoms with E-state index >= 15 is 0 Å². The Labute approximate surface area is 116 Å². The second-order valence-electron chi connectivity index (χ2n) is 4.19. The minimum absolute atomic E-state index is 0.252. The fourth-order valence-corrected chi connectivity index (χ4v) is 1.78. The van der Waals surface area contributed by atoms with E-state index < -0.39 is 0 Å². The number of rotatable bonds is 5. The molecule has 20 heavy (non-hydrogen) atoms. The molecule has 1 aromatic heterocycles. The maximum atomic E-state index is 13.5. The van der Waals surface area contributed by atoms with Crippen LogP contribution in [0.4, 0.5) is 10.1 Å². The number of anilines is 1. The highest BCUT2D eigenvalue weighted by molar-refractivity contribution is 5.47. The van der Waals surface area contributed by atoms with Gasteiger partial charge in [0.2, 0.25) is 11.8 Å². The summed E-state index contributed by atoms with van der Waals surface area (Å²) in [6.07, 6.45) is 1.37. The summed E-state index contributed by atoms with van der Waals surface area (Å²) < 4.78 is 23.8. The van der Waals surface area contributed by atoms with Crippen molar-refractivity contribution in [1.82, 2.24) is 9.97 Å². The number of hydrogen-bond donors (Lipinski definition) is 1. The highest BCUT2D eigenvalue weighted by Gasteiger charge is 2.12. The molecule has 0 spiro atoms. The molecule has 0 unspecified atom stereocenters. The van der Waals surface area contributed by atoms with Gasteiger partial charge in [-0.1, -0.05) is 6.07 Å². The molecule has 1 N–H and O–H groups in total. The van der Waals surface area contributed by atoms with Crippen LogP contribution >= 0.6 is 0 Å². The van der Waals surface area contributed by atoms with Gasteiger partial charge in [0.05, 0.1) is 26.3 Å². The van der Waals surface area contributed by atoms with Gasteiger partial charge in [-0.25, -0.2) is 14.4 Å². The van der Waals surface area contributed by atoms with Gasteiger partial charge in [0.1, 0.15) is 12.1 Å². The van der Waals surface area contributed by atoms with Gasteiger partial charge in [0.15, 0.2) is 0 Å². The predicted octanol–water partition coefficient (Wildman–Crippen LogP) is 2.55. The predicted molar refractivity (Wildman–Crippen MR) is 73.6 cm³/mol. The molecule has 0 aliphatic rings. The zero-order chi connectivity index (χ0) is 14.5. The minimum atomic E-state index is -0.252. The summed E-state index contributed by atoms with van der Waals surface area (Å²) in [5.41, 5.74) is 1.95. The standard InChI is InChI=1S/C14H16FN3O2/c1-9-4-5-10(6-12(9)15)16-7-11-13(19-2)17-8-18-14(11)20-3/h4-6,8,16H,7H2,1-3H3. The Hall–Kier alpha value is -2.37. The van der Waals surface area contributed by atoms with Crippen LogP contribution < -0.4 is 14.8 Å². The lowest BCUT2D eigenvalue weighted by atomic mass is 10.2. The molecule has 2 aromatic rings. The first-order valence-electron chi connectivity index (χ1n) is 6.07. The largest absolute Gasteiger partial charge is 0.481 e. The van der Waals surface area contributed by atoms with E-state index in [9.17, 15) is 4.39 Å². The van der Waals surface area contributed by atoms with Crippen LogP contribution in [0.1, 0.15) is 11.1 Å². The van der Waals surface area contributed by atoms with Gasteiger partial charge in [0.25, 0.3) is 0 Å². The van der Waals surface area contributed by atoms with Crippen molar-refractivity contribution in [3.63, 3.8) is 0 Å². The lowest BCUT2D eigenvalue weighted by Gasteiger charge is -2.12. The van der Waals surface area contributed by atoms with E-state index in [4.69, 9.17) is 9.47 Å². The third kappa shape index (κ3) is 2.96. The topological polar surface area (TPSA) is 56.3 Å². The number of halogens is 1. The summed E-state index contributed by atoms with van der Waals surface area (Å²) in [4.78, 5) is 8.04. The molecule has 1 heterocycles. The van der Waals surface area contributed by atoms with Crippen molar-refractivity contribution in [2.75, 3.05) is 19.5 Å². The highest BCUT2D eigenvalue weighted by Crippen LogP contribution is 2.24. The summed E-state index contributed by atoms with van der Waals surface area (Å²) >= 11 is 0. The molecular weight excluding hydrogens is 261 g/mol. The number of aryl methyl sites for hydroxylation is 1. The van der Waals surface area contributed by atoms with Crippen molar-refractivity contribution in [2.24, 2.45) is 0 Å². The van der Waals surface area contributed by atoms with Gasteiger partial charge in [-0.15, -0.1) is 0 Å². The van der Waals surface area contributed by atoms with E-state index in [0.717, 1.165) is 0 Å². The molecule has 0 atom stereocenters. The second-order valence-corrected chi connectivity index (χ2v) is 4.19. The third-order valence-electron chi connectivity index (χ3n) is 2.89. The minimum Gasteiger partial charge on any atom is -0.481 e. The van der Waals surface area contributed by atoms with Crippen molar-refractivity contribution >= 4 is 5.69 Å². The van der Waals surface area contributed by atoms with Crippen LogP contribution in [-0.4, -0.2) is 24.2 Å². The molecule has 0 saturated heterocycles. The van der Waals surface area contributed by atoms with E-state index in [1.165, 1.54) is 26.6 Å². The zero-order valence-electron chi connectivity index (χ0n) is 11.6. The molecular formula is C14H16FN3O2. The average molecular weight is 277 g/mol. The van der Waals surface area contributed by atoms with Crippen molar-refractivity contribution in [2.45, 2.75) is 13.5 Å². The number of methoxy groups -OCH3 is 2. The van der Waals surface area contributed by atoms with Gasteiger partial charge >= 0.3 is 0 Å².